The maximum absolute atomic E-state index is 11.0. The van der Waals surface area contributed by atoms with Gasteiger partial charge in [-0.1, -0.05) is 0 Å². The molecular weight excluding hydrogens is 366 g/mol. The lowest BCUT2D eigenvalue weighted by Gasteiger charge is -2.29. The van der Waals surface area contributed by atoms with E-state index in [0.29, 0.717) is 37.6 Å². The van der Waals surface area contributed by atoms with Crippen molar-refractivity contribution in [3.05, 3.63) is 53.0 Å². The van der Waals surface area contributed by atoms with Crippen LogP contribution >= 0.6 is 0 Å². The van der Waals surface area contributed by atoms with Crippen molar-refractivity contribution < 1.29 is 19.6 Å². The number of rotatable bonds is 4. The van der Waals surface area contributed by atoms with E-state index in [2.05, 4.69) is 9.97 Å². The van der Waals surface area contributed by atoms with E-state index >= 15 is 0 Å². The summed E-state index contributed by atoms with van der Waals surface area (Å²) >= 11 is 0. The SMILES string of the molecule is O=C(O)N1CCC(Oc2cc(-n3ccc4cc([N+](=O)[O-])ccc43)ncn2)CC1. The second-order valence-electron chi connectivity index (χ2n) is 6.49. The number of fused-ring (bicyclic) bond motifs is 1. The molecule has 10 nitrogen and oxygen atoms in total. The van der Waals surface area contributed by atoms with Gasteiger partial charge in [-0.3, -0.25) is 10.1 Å². The Hall–Kier alpha value is -3.69. The fraction of sp³-hybridized carbons (Fsp3) is 0.278. The number of hydrogen-bond acceptors (Lipinski definition) is 6. The molecule has 1 aliphatic heterocycles. The number of likely N-dealkylation sites (tertiary alicyclic amines) is 1. The van der Waals surface area contributed by atoms with Crippen molar-refractivity contribution in [1.82, 2.24) is 19.4 Å². The molecule has 0 unspecified atom stereocenters. The quantitative estimate of drug-likeness (QED) is 0.542. The van der Waals surface area contributed by atoms with Gasteiger partial charge in [0.2, 0.25) is 5.88 Å². The molecule has 0 radical (unpaired) electrons. The summed E-state index contributed by atoms with van der Waals surface area (Å²) < 4.78 is 7.72. The Morgan fingerprint density at radius 3 is 2.71 bits per heavy atom. The molecule has 4 rings (SSSR count). The highest BCUT2D eigenvalue weighted by atomic mass is 16.6. The summed E-state index contributed by atoms with van der Waals surface area (Å²) in [4.78, 5) is 31.3. The number of hydrogen-bond donors (Lipinski definition) is 1. The normalized spacial score (nSPS) is 14.9. The van der Waals surface area contributed by atoms with E-state index in [0.717, 1.165) is 10.9 Å². The number of nitrogens with zero attached hydrogens (tertiary/aromatic N) is 5. The molecular formula is C18H17N5O5. The Balaban J connectivity index is 1.54. The van der Waals surface area contributed by atoms with Gasteiger partial charge in [-0.15, -0.1) is 0 Å². The highest BCUT2D eigenvalue weighted by Crippen LogP contribution is 2.25. The molecule has 3 aromatic rings. The summed E-state index contributed by atoms with van der Waals surface area (Å²) in [7, 11) is 0. The van der Waals surface area contributed by atoms with Gasteiger partial charge in [0.25, 0.3) is 5.69 Å². The van der Waals surface area contributed by atoms with Crippen molar-refractivity contribution in [3.8, 4) is 11.7 Å². The van der Waals surface area contributed by atoms with Gasteiger partial charge in [0, 0.05) is 55.7 Å². The number of carbonyl (C=O) groups is 1. The summed E-state index contributed by atoms with van der Waals surface area (Å²) in [5.41, 5.74) is 0.815. The molecule has 1 saturated heterocycles. The number of ether oxygens (including phenoxy) is 1. The second-order valence-corrected chi connectivity index (χ2v) is 6.49. The van der Waals surface area contributed by atoms with Gasteiger partial charge in [-0.2, -0.15) is 0 Å². The third kappa shape index (κ3) is 3.43. The standard InChI is InChI=1S/C18H17N5O5/c24-18(25)21-6-4-14(5-7-21)28-17-10-16(19-11-20-17)22-8-3-12-9-13(23(26)27)1-2-15(12)22/h1-3,8-11,14H,4-7H2,(H,24,25). The third-order valence-electron chi connectivity index (χ3n) is 4.76. The molecule has 1 aliphatic rings. The van der Waals surface area contributed by atoms with Crippen molar-refractivity contribution >= 4 is 22.7 Å². The Bertz CT molecular complexity index is 1040. The third-order valence-corrected chi connectivity index (χ3v) is 4.76. The van der Waals surface area contributed by atoms with E-state index < -0.39 is 11.0 Å². The van der Waals surface area contributed by atoms with Gasteiger partial charge >= 0.3 is 6.09 Å². The average molecular weight is 383 g/mol. The van der Waals surface area contributed by atoms with Gasteiger partial charge in [0.1, 0.15) is 18.2 Å². The van der Waals surface area contributed by atoms with E-state index in [4.69, 9.17) is 9.84 Å². The zero-order valence-electron chi connectivity index (χ0n) is 14.8. The van der Waals surface area contributed by atoms with Crippen LogP contribution in [0.1, 0.15) is 12.8 Å². The molecule has 10 heteroatoms. The minimum atomic E-state index is -0.914. The van der Waals surface area contributed by atoms with Crippen LogP contribution in [0.25, 0.3) is 16.7 Å². The minimum absolute atomic E-state index is 0.0321. The van der Waals surface area contributed by atoms with Gasteiger partial charge in [0.15, 0.2) is 0 Å². The average Bonchev–Trinajstić information content (AvgIpc) is 3.12. The summed E-state index contributed by atoms with van der Waals surface area (Å²) in [6.07, 6.45) is 3.36. The molecule has 0 saturated carbocycles. The molecule has 3 heterocycles. The molecule has 144 valence electrons. The lowest BCUT2D eigenvalue weighted by atomic mass is 10.1. The summed E-state index contributed by atoms with van der Waals surface area (Å²) in [5, 5.41) is 20.7. The van der Waals surface area contributed by atoms with E-state index in [1.807, 2.05) is 0 Å². The highest BCUT2D eigenvalue weighted by Gasteiger charge is 2.24. The lowest BCUT2D eigenvalue weighted by Crippen LogP contribution is -2.41. The second kappa shape index (κ2) is 7.14. The largest absolute Gasteiger partial charge is 0.474 e. The molecule has 1 fully saturated rings. The van der Waals surface area contributed by atoms with Crippen LogP contribution in [0.3, 0.4) is 0 Å². The Kier molecular flexibility index (Phi) is 4.52. The molecule has 2 aromatic heterocycles. The summed E-state index contributed by atoms with van der Waals surface area (Å²) in [6.45, 7) is 0.859. The van der Waals surface area contributed by atoms with Crippen molar-refractivity contribution in [2.75, 3.05) is 13.1 Å². The lowest BCUT2D eigenvalue weighted by molar-refractivity contribution is -0.384. The molecule has 28 heavy (non-hydrogen) atoms. The molecule has 0 bridgehead atoms. The molecule has 1 aromatic carbocycles. The number of carboxylic acid groups (broad SMARTS) is 1. The number of benzene rings is 1. The predicted molar refractivity (Wildman–Crippen MR) is 98.8 cm³/mol. The maximum Gasteiger partial charge on any atom is 0.407 e. The van der Waals surface area contributed by atoms with E-state index in [1.54, 1.807) is 29.0 Å². The van der Waals surface area contributed by atoms with Gasteiger partial charge < -0.3 is 19.3 Å². The topological polar surface area (TPSA) is 124 Å². The number of amides is 1. The van der Waals surface area contributed by atoms with Crippen LogP contribution in [-0.4, -0.2) is 54.8 Å². The number of piperidine rings is 1. The monoisotopic (exact) mass is 383 g/mol. The van der Waals surface area contributed by atoms with Crippen LogP contribution < -0.4 is 4.74 Å². The zero-order chi connectivity index (χ0) is 19.7. The fourth-order valence-electron chi connectivity index (χ4n) is 3.31. The van der Waals surface area contributed by atoms with Gasteiger partial charge in [-0.05, 0) is 12.1 Å². The minimum Gasteiger partial charge on any atom is -0.474 e. The van der Waals surface area contributed by atoms with Crippen molar-refractivity contribution in [1.29, 1.82) is 0 Å². The van der Waals surface area contributed by atoms with E-state index in [-0.39, 0.29) is 11.8 Å². The van der Waals surface area contributed by atoms with Crippen LogP contribution in [0, 0.1) is 10.1 Å². The van der Waals surface area contributed by atoms with Crippen LogP contribution in [0.2, 0.25) is 0 Å². The van der Waals surface area contributed by atoms with Crippen molar-refractivity contribution in [2.24, 2.45) is 0 Å². The number of nitro groups is 1. The van der Waals surface area contributed by atoms with Gasteiger partial charge in [-0.25, -0.2) is 14.8 Å². The van der Waals surface area contributed by atoms with Crippen molar-refractivity contribution in [3.63, 3.8) is 0 Å². The number of aromatic nitrogens is 3. The molecule has 0 atom stereocenters. The number of nitro benzene ring substituents is 1. The Morgan fingerprint density at radius 1 is 1.21 bits per heavy atom. The summed E-state index contributed by atoms with van der Waals surface area (Å²) in [6, 6.07) is 8.13. The first kappa shape index (κ1) is 17.7. The first-order valence-electron chi connectivity index (χ1n) is 8.74. The molecule has 1 N–H and O–H groups in total. The molecule has 0 aliphatic carbocycles. The fourth-order valence-corrected chi connectivity index (χ4v) is 3.31. The Morgan fingerprint density at radius 2 is 2.00 bits per heavy atom. The van der Waals surface area contributed by atoms with Crippen LogP contribution in [0.5, 0.6) is 5.88 Å². The predicted octanol–water partition coefficient (Wildman–Crippen LogP) is 2.85. The molecule has 0 spiro atoms. The van der Waals surface area contributed by atoms with Gasteiger partial charge in [0.05, 0.1) is 10.4 Å². The Labute approximate surface area is 159 Å². The van der Waals surface area contributed by atoms with Crippen molar-refractivity contribution in [2.45, 2.75) is 18.9 Å². The summed E-state index contributed by atoms with van der Waals surface area (Å²) in [5.74, 6) is 0.986. The first-order chi connectivity index (χ1) is 13.5. The van der Waals surface area contributed by atoms with Crippen LogP contribution in [0.15, 0.2) is 42.9 Å². The highest BCUT2D eigenvalue weighted by molar-refractivity contribution is 5.83. The maximum atomic E-state index is 11.0. The van der Waals surface area contributed by atoms with Crippen LogP contribution in [-0.2, 0) is 0 Å². The van der Waals surface area contributed by atoms with Crippen LogP contribution in [0.4, 0.5) is 10.5 Å². The van der Waals surface area contributed by atoms with E-state index in [1.165, 1.54) is 23.4 Å². The number of non-ortho nitro benzene ring substituents is 1. The smallest absolute Gasteiger partial charge is 0.407 e. The van der Waals surface area contributed by atoms with E-state index in [9.17, 15) is 14.9 Å². The molecule has 1 amide bonds. The zero-order valence-corrected chi connectivity index (χ0v) is 14.8. The first-order valence-corrected chi connectivity index (χ1v) is 8.74.